The van der Waals surface area contributed by atoms with E-state index in [1.54, 1.807) is 25.6 Å². The number of methoxy groups -OCH3 is 2. The first kappa shape index (κ1) is 28.9. The number of nitrogens with zero attached hydrogens (tertiary/aromatic N) is 3. The van der Waals surface area contributed by atoms with E-state index in [4.69, 9.17) is 28.7 Å². The lowest BCUT2D eigenvalue weighted by molar-refractivity contribution is 0.00824. The third kappa shape index (κ3) is 10.7. The van der Waals surface area contributed by atoms with Gasteiger partial charge in [0.05, 0.1) is 59.6 Å². The van der Waals surface area contributed by atoms with Gasteiger partial charge in [0, 0.05) is 25.0 Å². The molecule has 0 aliphatic rings. The average Bonchev–Trinajstić information content (AvgIpc) is 3.38. The van der Waals surface area contributed by atoms with Crippen LogP contribution in [0.1, 0.15) is 16.8 Å². The van der Waals surface area contributed by atoms with Crippen LogP contribution in [0.15, 0.2) is 53.9 Å². The molecule has 0 amide bonds. The highest BCUT2D eigenvalue weighted by Crippen LogP contribution is 2.27. The van der Waals surface area contributed by atoms with Gasteiger partial charge in [-0.2, -0.15) is 0 Å². The van der Waals surface area contributed by atoms with Crippen molar-refractivity contribution in [1.82, 2.24) is 9.88 Å². The zero-order chi connectivity index (χ0) is 26.3. The molecule has 3 aromatic rings. The molecule has 37 heavy (non-hydrogen) atoms. The molecular formula is C28H39N3O5S. The van der Waals surface area contributed by atoms with Gasteiger partial charge in [0.25, 0.3) is 0 Å². The topological polar surface area (TPSA) is 65.5 Å². The smallest absolute Gasteiger partial charge is 0.186 e. The zero-order valence-electron chi connectivity index (χ0n) is 22.4. The minimum Gasteiger partial charge on any atom is -0.497 e. The molecule has 0 spiro atoms. The van der Waals surface area contributed by atoms with Crippen LogP contribution >= 0.6 is 11.3 Å². The number of thiazole rings is 1. The van der Waals surface area contributed by atoms with Gasteiger partial charge in [-0.15, -0.1) is 11.3 Å². The van der Waals surface area contributed by atoms with Gasteiger partial charge in [-0.05, 0) is 49.5 Å². The average molecular weight is 530 g/mol. The Morgan fingerprint density at radius 1 is 0.757 bits per heavy atom. The molecule has 9 heteroatoms. The quantitative estimate of drug-likeness (QED) is 0.224. The van der Waals surface area contributed by atoms with Crippen LogP contribution in [0.3, 0.4) is 0 Å². The molecule has 1 aromatic heterocycles. The van der Waals surface area contributed by atoms with Crippen LogP contribution in [0, 0.1) is 0 Å². The maximum Gasteiger partial charge on any atom is 0.186 e. The number of rotatable bonds is 18. The predicted molar refractivity (Wildman–Crippen MR) is 148 cm³/mol. The fourth-order valence-electron chi connectivity index (χ4n) is 3.55. The van der Waals surface area contributed by atoms with Crippen molar-refractivity contribution in [2.45, 2.75) is 19.7 Å². The summed E-state index contributed by atoms with van der Waals surface area (Å²) < 4.78 is 27.7. The van der Waals surface area contributed by atoms with Gasteiger partial charge in [-0.25, -0.2) is 4.98 Å². The van der Waals surface area contributed by atoms with Gasteiger partial charge in [-0.1, -0.05) is 24.3 Å². The second kappa shape index (κ2) is 16.2. The molecule has 1 heterocycles. The van der Waals surface area contributed by atoms with Gasteiger partial charge < -0.3 is 33.5 Å². The molecule has 0 aliphatic carbocycles. The molecular weight excluding hydrogens is 490 g/mol. The van der Waals surface area contributed by atoms with Crippen LogP contribution in [-0.2, 0) is 33.9 Å². The SMILES string of the molecule is COc1cccc(CN(Cc2cccc(OC)c2)c2nc(COCCOCCOCCN(C)C)cs2)c1. The number of aromatic nitrogens is 1. The Balaban J connectivity index is 1.52. The molecule has 0 saturated carbocycles. The van der Waals surface area contributed by atoms with Gasteiger partial charge in [0.2, 0.25) is 0 Å². The Hall–Kier alpha value is -2.69. The van der Waals surface area contributed by atoms with Crippen molar-refractivity contribution < 1.29 is 23.7 Å². The van der Waals surface area contributed by atoms with E-state index >= 15 is 0 Å². The molecule has 0 fully saturated rings. The lowest BCUT2D eigenvalue weighted by atomic mass is 10.1. The van der Waals surface area contributed by atoms with Crippen LogP contribution in [0.5, 0.6) is 11.5 Å². The highest BCUT2D eigenvalue weighted by Gasteiger charge is 2.14. The van der Waals surface area contributed by atoms with Gasteiger partial charge in [0.15, 0.2) is 5.13 Å². The highest BCUT2D eigenvalue weighted by molar-refractivity contribution is 7.13. The number of likely N-dealkylation sites (N-methyl/N-ethyl adjacent to an activating group) is 1. The first-order chi connectivity index (χ1) is 18.1. The summed E-state index contributed by atoms with van der Waals surface area (Å²) in [7, 11) is 7.43. The van der Waals surface area contributed by atoms with Crippen LogP contribution in [-0.4, -0.2) is 77.8 Å². The molecule has 0 radical (unpaired) electrons. The summed E-state index contributed by atoms with van der Waals surface area (Å²) in [4.78, 5) is 9.22. The number of ether oxygens (including phenoxy) is 5. The Morgan fingerprint density at radius 2 is 1.32 bits per heavy atom. The first-order valence-corrected chi connectivity index (χ1v) is 13.3. The van der Waals surface area contributed by atoms with Crippen molar-refractivity contribution >= 4 is 16.5 Å². The molecule has 2 aromatic carbocycles. The lowest BCUT2D eigenvalue weighted by Crippen LogP contribution is -2.22. The summed E-state index contributed by atoms with van der Waals surface area (Å²) in [6.07, 6.45) is 0. The molecule has 0 aliphatic heterocycles. The van der Waals surface area contributed by atoms with Gasteiger partial charge >= 0.3 is 0 Å². The van der Waals surface area contributed by atoms with E-state index in [1.807, 2.05) is 38.4 Å². The highest BCUT2D eigenvalue weighted by atomic mass is 32.1. The Bertz CT molecular complexity index is 996. The molecule has 8 nitrogen and oxygen atoms in total. The number of hydrogen-bond donors (Lipinski definition) is 0. The van der Waals surface area contributed by atoms with Crippen molar-refractivity contribution in [3.8, 4) is 11.5 Å². The van der Waals surface area contributed by atoms with E-state index in [0.29, 0.717) is 52.7 Å². The van der Waals surface area contributed by atoms with Crippen molar-refractivity contribution in [2.75, 3.05) is 72.8 Å². The second-order valence-corrected chi connectivity index (χ2v) is 9.60. The maximum atomic E-state index is 5.79. The Labute approximate surface area is 224 Å². The summed E-state index contributed by atoms with van der Waals surface area (Å²) in [6.45, 7) is 5.69. The first-order valence-electron chi connectivity index (χ1n) is 12.4. The third-order valence-corrected chi connectivity index (χ3v) is 6.45. The summed E-state index contributed by atoms with van der Waals surface area (Å²) in [6, 6.07) is 16.3. The van der Waals surface area contributed by atoms with E-state index < -0.39 is 0 Å². The largest absolute Gasteiger partial charge is 0.497 e. The summed E-state index contributed by atoms with van der Waals surface area (Å²) in [5.41, 5.74) is 3.21. The van der Waals surface area contributed by atoms with Crippen LogP contribution in [0.2, 0.25) is 0 Å². The van der Waals surface area contributed by atoms with E-state index in [-0.39, 0.29) is 0 Å². The van der Waals surface area contributed by atoms with Crippen LogP contribution in [0.25, 0.3) is 0 Å². The van der Waals surface area contributed by atoms with E-state index in [0.717, 1.165) is 40.0 Å². The second-order valence-electron chi connectivity index (χ2n) is 8.76. The number of anilines is 1. The summed E-state index contributed by atoms with van der Waals surface area (Å²) in [5, 5.41) is 2.99. The fourth-order valence-corrected chi connectivity index (χ4v) is 4.36. The Kier molecular flexibility index (Phi) is 12.7. The minimum absolute atomic E-state index is 0.450. The van der Waals surface area contributed by atoms with Crippen molar-refractivity contribution in [3.05, 3.63) is 70.7 Å². The molecule has 0 atom stereocenters. The summed E-state index contributed by atoms with van der Waals surface area (Å²) >= 11 is 1.62. The van der Waals surface area contributed by atoms with E-state index in [2.05, 4.69) is 39.4 Å². The molecule has 0 bridgehead atoms. The summed E-state index contributed by atoms with van der Waals surface area (Å²) in [5.74, 6) is 1.68. The standard InChI is InChI=1S/C28H39N3O5S/c1-30(2)11-12-34-13-14-35-15-16-36-21-25-22-37-28(29-25)31(19-23-7-5-9-26(17-23)32-3)20-24-8-6-10-27(18-24)33-4/h5-10,17-18,22H,11-16,19-21H2,1-4H3. The van der Waals surface area contributed by atoms with Crippen LogP contribution < -0.4 is 14.4 Å². The molecule has 3 rings (SSSR count). The molecule has 0 N–H and O–H groups in total. The fraction of sp³-hybridized carbons (Fsp3) is 0.464. The lowest BCUT2D eigenvalue weighted by Gasteiger charge is -2.22. The molecule has 0 unspecified atom stereocenters. The number of benzene rings is 2. The Morgan fingerprint density at radius 3 is 1.89 bits per heavy atom. The van der Waals surface area contributed by atoms with Gasteiger partial charge in [-0.3, -0.25) is 0 Å². The third-order valence-electron chi connectivity index (χ3n) is 5.50. The van der Waals surface area contributed by atoms with Crippen molar-refractivity contribution in [1.29, 1.82) is 0 Å². The predicted octanol–water partition coefficient (Wildman–Crippen LogP) is 4.48. The van der Waals surface area contributed by atoms with E-state index in [1.165, 1.54) is 0 Å². The minimum atomic E-state index is 0.450. The normalized spacial score (nSPS) is 11.2. The van der Waals surface area contributed by atoms with Crippen molar-refractivity contribution in [3.63, 3.8) is 0 Å². The molecule has 0 saturated heterocycles. The monoisotopic (exact) mass is 529 g/mol. The zero-order valence-corrected chi connectivity index (χ0v) is 23.2. The molecule has 202 valence electrons. The van der Waals surface area contributed by atoms with Crippen molar-refractivity contribution in [2.24, 2.45) is 0 Å². The maximum absolute atomic E-state index is 5.79. The van der Waals surface area contributed by atoms with Gasteiger partial charge in [0.1, 0.15) is 11.5 Å². The number of hydrogen-bond acceptors (Lipinski definition) is 9. The van der Waals surface area contributed by atoms with Crippen LogP contribution in [0.4, 0.5) is 5.13 Å². The van der Waals surface area contributed by atoms with E-state index in [9.17, 15) is 0 Å².